The molecule has 0 saturated heterocycles. The first-order valence-electron chi connectivity index (χ1n) is 5.41. The second-order valence-corrected chi connectivity index (χ2v) is 5.04. The van der Waals surface area contributed by atoms with Crippen LogP contribution in [0.25, 0.3) is 10.2 Å². The van der Waals surface area contributed by atoms with E-state index in [2.05, 4.69) is 15.0 Å². The average Bonchev–Trinajstić information content (AvgIpc) is 2.82. The zero-order valence-electron chi connectivity index (χ0n) is 10.1. The van der Waals surface area contributed by atoms with Crippen LogP contribution in [0.5, 0.6) is 0 Å². The number of carbonyl (C=O) groups is 1. The SMILES string of the molecule is COC(=O)C(C)(O)CNc1ccc2ncsc2c1. The number of hydrogen-bond donors (Lipinski definition) is 2. The number of esters is 1. The first-order valence-corrected chi connectivity index (χ1v) is 6.29. The summed E-state index contributed by atoms with van der Waals surface area (Å²) in [6.07, 6.45) is 0. The number of carbonyl (C=O) groups excluding carboxylic acids is 1. The Morgan fingerprint density at radius 3 is 3.11 bits per heavy atom. The largest absolute Gasteiger partial charge is 0.467 e. The molecule has 0 spiro atoms. The first-order chi connectivity index (χ1) is 8.53. The Kier molecular flexibility index (Phi) is 3.49. The van der Waals surface area contributed by atoms with E-state index in [0.29, 0.717) is 0 Å². The maximum Gasteiger partial charge on any atom is 0.339 e. The van der Waals surface area contributed by atoms with E-state index >= 15 is 0 Å². The minimum Gasteiger partial charge on any atom is -0.467 e. The summed E-state index contributed by atoms with van der Waals surface area (Å²) in [7, 11) is 1.25. The maximum absolute atomic E-state index is 11.3. The summed E-state index contributed by atoms with van der Waals surface area (Å²) in [5, 5.41) is 12.9. The number of methoxy groups -OCH3 is 1. The molecular weight excluding hydrogens is 252 g/mol. The molecule has 2 N–H and O–H groups in total. The number of benzene rings is 1. The number of thiazole rings is 1. The Labute approximate surface area is 108 Å². The molecule has 0 saturated carbocycles. The van der Waals surface area contributed by atoms with E-state index in [1.807, 2.05) is 18.2 Å². The van der Waals surface area contributed by atoms with Gasteiger partial charge in [-0.05, 0) is 25.1 Å². The normalized spacial score (nSPS) is 14.2. The van der Waals surface area contributed by atoms with Crippen molar-refractivity contribution in [2.75, 3.05) is 19.0 Å². The number of anilines is 1. The van der Waals surface area contributed by atoms with Crippen LogP contribution in [0.4, 0.5) is 5.69 Å². The fraction of sp³-hybridized carbons (Fsp3) is 0.333. The van der Waals surface area contributed by atoms with Gasteiger partial charge in [0.1, 0.15) is 0 Å². The highest BCUT2D eigenvalue weighted by Gasteiger charge is 2.31. The minimum absolute atomic E-state index is 0.0873. The monoisotopic (exact) mass is 266 g/mol. The van der Waals surface area contributed by atoms with E-state index in [1.165, 1.54) is 14.0 Å². The van der Waals surface area contributed by atoms with Crippen molar-refractivity contribution in [3.8, 4) is 0 Å². The number of aliphatic hydroxyl groups is 1. The molecule has 2 aromatic rings. The van der Waals surface area contributed by atoms with Gasteiger partial charge in [0, 0.05) is 5.69 Å². The lowest BCUT2D eigenvalue weighted by molar-refractivity contribution is -0.158. The standard InChI is InChI=1S/C12H14N2O3S/c1-12(16,11(15)17-2)6-13-8-3-4-9-10(5-8)18-7-14-9/h3-5,7,13,16H,6H2,1-2H3. The molecule has 0 amide bonds. The average molecular weight is 266 g/mol. The molecule has 18 heavy (non-hydrogen) atoms. The van der Waals surface area contributed by atoms with Crippen LogP contribution in [0.15, 0.2) is 23.7 Å². The Morgan fingerprint density at radius 1 is 1.61 bits per heavy atom. The number of aromatic nitrogens is 1. The highest BCUT2D eigenvalue weighted by molar-refractivity contribution is 7.16. The molecule has 0 aliphatic carbocycles. The number of nitrogens with one attached hydrogen (secondary N) is 1. The zero-order chi connectivity index (χ0) is 13.2. The van der Waals surface area contributed by atoms with Crippen LogP contribution in [-0.4, -0.2) is 35.3 Å². The lowest BCUT2D eigenvalue weighted by atomic mass is 10.1. The third-order valence-electron chi connectivity index (χ3n) is 2.59. The molecule has 0 radical (unpaired) electrons. The van der Waals surface area contributed by atoms with Gasteiger partial charge in [-0.2, -0.15) is 0 Å². The summed E-state index contributed by atoms with van der Waals surface area (Å²) in [4.78, 5) is 15.5. The molecular formula is C12H14N2O3S. The molecule has 1 atom stereocenters. The summed E-state index contributed by atoms with van der Waals surface area (Å²) in [6.45, 7) is 1.50. The first kappa shape index (κ1) is 12.8. The van der Waals surface area contributed by atoms with Gasteiger partial charge < -0.3 is 15.2 Å². The Morgan fingerprint density at radius 2 is 2.39 bits per heavy atom. The second-order valence-electron chi connectivity index (χ2n) is 4.15. The molecule has 2 rings (SSSR count). The van der Waals surface area contributed by atoms with Crippen LogP contribution < -0.4 is 5.32 Å². The van der Waals surface area contributed by atoms with Crippen molar-refractivity contribution in [3.63, 3.8) is 0 Å². The molecule has 6 heteroatoms. The fourth-order valence-electron chi connectivity index (χ4n) is 1.53. The van der Waals surface area contributed by atoms with Gasteiger partial charge in [0.25, 0.3) is 0 Å². The fourth-order valence-corrected chi connectivity index (χ4v) is 2.25. The Hall–Kier alpha value is -1.66. The molecule has 1 heterocycles. The molecule has 0 bridgehead atoms. The van der Waals surface area contributed by atoms with Crippen molar-refractivity contribution < 1.29 is 14.6 Å². The lowest BCUT2D eigenvalue weighted by Crippen LogP contribution is -2.42. The quantitative estimate of drug-likeness (QED) is 0.823. The van der Waals surface area contributed by atoms with Crippen molar-refractivity contribution in [2.24, 2.45) is 0 Å². The summed E-state index contributed by atoms with van der Waals surface area (Å²) in [5.74, 6) is -0.658. The summed E-state index contributed by atoms with van der Waals surface area (Å²) >= 11 is 1.54. The van der Waals surface area contributed by atoms with Crippen molar-refractivity contribution in [2.45, 2.75) is 12.5 Å². The van der Waals surface area contributed by atoms with E-state index < -0.39 is 11.6 Å². The number of rotatable bonds is 4. The molecule has 1 aromatic heterocycles. The molecule has 0 aliphatic heterocycles. The second kappa shape index (κ2) is 4.91. The number of hydrogen-bond acceptors (Lipinski definition) is 6. The van der Waals surface area contributed by atoms with Gasteiger partial charge in [-0.25, -0.2) is 9.78 Å². The van der Waals surface area contributed by atoms with Crippen molar-refractivity contribution in [3.05, 3.63) is 23.7 Å². The predicted octanol–water partition coefficient (Wildman–Crippen LogP) is 1.63. The van der Waals surface area contributed by atoms with E-state index in [0.717, 1.165) is 15.9 Å². The number of fused-ring (bicyclic) bond motifs is 1. The van der Waals surface area contributed by atoms with Gasteiger partial charge in [-0.1, -0.05) is 0 Å². The Bertz CT molecular complexity index is 565. The van der Waals surface area contributed by atoms with E-state index in [4.69, 9.17) is 0 Å². The number of ether oxygens (including phenoxy) is 1. The summed E-state index contributed by atoms with van der Waals surface area (Å²) < 4.78 is 5.58. The van der Waals surface area contributed by atoms with Gasteiger partial charge in [-0.3, -0.25) is 0 Å². The van der Waals surface area contributed by atoms with Crippen LogP contribution in [0.1, 0.15) is 6.92 Å². The highest BCUT2D eigenvalue weighted by Crippen LogP contribution is 2.22. The maximum atomic E-state index is 11.3. The topological polar surface area (TPSA) is 71.5 Å². The van der Waals surface area contributed by atoms with Crippen LogP contribution in [0.3, 0.4) is 0 Å². The van der Waals surface area contributed by atoms with Crippen LogP contribution in [-0.2, 0) is 9.53 Å². The van der Waals surface area contributed by atoms with Crippen LogP contribution >= 0.6 is 11.3 Å². The highest BCUT2D eigenvalue weighted by atomic mass is 32.1. The van der Waals surface area contributed by atoms with Gasteiger partial charge >= 0.3 is 5.97 Å². The van der Waals surface area contributed by atoms with Crippen molar-refractivity contribution in [1.82, 2.24) is 4.98 Å². The molecule has 96 valence electrons. The lowest BCUT2D eigenvalue weighted by Gasteiger charge is -2.21. The van der Waals surface area contributed by atoms with Crippen LogP contribution in [0, 0.1) is 0 Å². The minimum atomic E-state index is -1.54. The molecule has 1 aromatic carbocycles. The third-order valence-corrected chi connectivity index (χ3v) is 3.38. The van der Waals surface area contributed by atoms with Gasteiger partial charge in [-0.15, -0.1) is 11.3 Å². The Balaban J connectivity index is 2.07. The summed E-state index contributed by atoms with van der Waals surface area (Å²) in [6, 6.07) is 5.68. The van der Waals surface area contributed by atoms with Gasteiger partial charge in [0.2, 0.25) is 0 Å². The van der Waals surface area contributed by atoms with E-state index in [1.54, 1.807) is 16.8 Å². The van der Waals surface area contributed by atoms with Crippen molar-refractivity contribution in [1.29, 1.82) is 0 Å². The van der Waals surface area contributed by atoms with Crippen molar-refractivity contribution >= 4 is 33.2 Å². The van der Waals surface area contributed by atoms with E-state index in [9.17, 15) is 9.90 Å². The van der Waals surface area contributed by atoms with Crippen LogP contribution in [0.2, 0.25) is 0 Å². The smallest absolute Gasteiger partial charge is 0.339 e. The summed E-state index contributed by atoms with van der Waals surface area (Å²) in [5.41, 5.74) is 2.00. The van der Waals surface area contributed by atoms with E-state index in [-0.39, 0.29) is 6.54 Å². The zero-order valence-corrected chi connectivity index (χ0v) is 11.0. The molecule has 5 nitrogen and oxygen atoms in total. The number of nitrogens with zero attached hydrogens (tertiary/aromatic N) is 1. The molecule has 0 fully saturated rings. The third kappa shape index (κ3) is 2.60. The molecule has 1 unspecified atom stereocenters. The van der Waals surface area contributed by atoms with Gasteiger partial charge in [0.15, 0.2) is 5.60 Å². The predicted molar refractivity (Wildman–Crippen MR) is 70.7 cm³/mol. The van der Waals surface area contributed by atoms with Gasteiger partial charge in [0.05, 0.1) is 29.4 Å². The molecule has 0 aliphatic rings.